The second-order valence-corrected chi connectivity index (χ2v) is 7.71. The van der Waals surface area contributed by atoms with E-state index in [1.807, 2.05) is 17.9 Å². The topological polar surface area (TPSA) is 53.5 Å². The minimum absolute atomic E-state index is 0.0145. The first-order valence-electron chi connectivity index (χ1n) is 9.60. The zero-order valence-corrected chi connectivity index (χ0v) is 16.6. The lowest BCUT2D eigenvalue weighted by molar-refractivity contribution is -0.134. The molecule has 1 aromatic carbocycles. The van der Waals surface area contributed by atoms with E-state index in [2.05, 4.69) is 18.8 Å². The molecule has 0 saturated carbocycles. The van der Waals surface area contributed by atoms with Crippen molar-refractivity contribution in [2.24, 2.45) is 5.92 Å². The fraction of sp³-hybridized carbons (Fsp3) is 0.409. The largest absolute Gasteiger partial charge is 0.336 e. The molecule has 5 nitrogen and oxygen atoms in total. The van der Waals surface area contributed by atoms with Gasteiger partial charge in [0.2, 0.25) is 5.91 Å². The molecule has 148 valence electrons. The predicted octanol–water partition coefficient (Wildman–Crippen LogP) is 3.43. The summed E-state index contributed by atoms with van der Waals surface area (Å²) in [5, 5.41) is 0. The van der Waals surface area contributed by atoms with Crippen LogP contribution in [0.25, 0.3) is 0 Å². The molecule has 1 aromatic heterocycles. The minimum atomic E-state index is -0.296. The van der Waals surface area contributed by atoms with Crippen molar-refractivity contribution in [3.63, 3.8) is 0 Å². The van der Waals surface area contributed by atoms with E-state index in [9.17, 15) is 14.0 Å². The first kappa shape index (κ1) is 20.0. The van der Waals surface area contributed by atoms with E-state index in [0.29, 0.717) is 25.2 Å². The van der Waals surface area contributed by atoms with Crippen LogP contribution in [0.2, 0.25) is 0 Å². The summed E-state index contributed by atoms with van der Waals surface area (Å²) in [6.45, 7) is 7.27. The van der Waals surface area contributed by atoms with Crippen LogP contribution in [0.15, 0.2) is 42.7 Å². The van der Waals surface area contributed by atoms with Crippen molar-refractivity contribution in [3.8, 4) is 0 Å². The number of aryl methyl sites for hydroxylation is 1. The van der Waals surface area contributed by atoms with Gasteiger partial charge < -0.3 is 9.80 Å². The molecular weight excluding hydrogens is 357 g/mol. The summed E-state index contributed by atoms with van der Waals surface area (Å²) in [7, 11) is 0. The maximum Gasteiger partial charge on any atom is 0.255 e. The number of nitrogens with zero attached hydrogens (tertiary/aromatic N) is 3. The van der Waals surface area contributed by atoms with E-state index in [4.69, 9.17) is 0 Å². The Bertz CT molecular complexity index is 851. The van der Waals surface area contributed by atoms with Gasteiger partial charge in [-0.3, -0.25) is 14.6 Å². The van der Waals surface area contributed by atoms with Crippen molar-refractivity contribution in [1.29, 1.82) is 0 Å². The average Bonchev–Trinajstić information content (AvgIpc) is 2.83. The molecule has 0 N–H and O–H groups in total. The quantitative estimate of drug-likeness (QED) is 0.813. The molecule has 2 aromatic rings. The van der Waals surface area contributed by atoms with Gasteiger partial charge in [0.1, 0.15) is 5.82 Å². The van der Waals surface area contributed by atoms with Gasteiger partial charge in [0.15, 0.2) is 0 Å². The maximum atomic E-state index is 13.2. The molecular formula is C22H26FN3O2. The Morgan fingerprint density at radius 1 is 1.25 bits per heavy atom. The fourth-order valence-corrected chi connectivity index (χ4v) is 3.58. The van der Waals surface area contributed by atoms with Crippen molar-refractivity contribution < 1.29 is 14.0 Å². The number of halogens is 1. The van der Waals surface area contributed by atoms with E-state index in [1.54, 1.807) is 29.4 Å². The van der Waals surface area contributed by atoms with Gasteiger partial charge in [0.05, 0.1) is 11.6 Å². The molecule has 28 heavy (non-hydrogen) atoms. The van der Waals surface area contributed by atoms with Crippen molar-refractivity contribution in [2.75, 3.05) is 13.1 Å². The van der Waals surface area contributed by atoms with Crippen molar-refractivity contribution in [3.05, 3.63) is 65.2 Å². The van der Waals surface area contributed by atoms with E-state index < -0.39 is 0 Å². The Kier molecular flexibility index (Phi) is 6.07. The first-order chi connectivity index (χ1) is 13.3. The third kappa shape index (κ3) is 4.55. The number of benzene rings is 1. The number of aromatic nitrogens is 1. The predicted molar refractivity (Wildman–Crippen MR) is 105 cm³/mol. The molecule has 0 unspecified atom stereocenters. The summed E-state index contributed by atoms with van der Waals surface area (Å²) in [5.41, 5.74) is 2.35. The Balaban J connectivity index is 1.83. The molecule has 2 heterocycles. The van der Waals surface area contributed by atoms with Gasteiger partial charge in [-0.25, -0.2) is 4.39 Å². The number of hydrogen-bond acceptors (Lipinski definition) is 3. The van der Waals surface area contributed by atoms with Crippen molar-refractivity contribution >= 4 is 11.8 Å². The standard InChI is InChI=1S/C22H26FN3O2/c1-15(2)20-14-25(22(28)18-10-16(3)11-24-12-18)9-8-21(27)26(20)13-17-4-6-19(23)7-5-17/h4-7,10-12,15,20H,8-9,13-14H2,1-3H3/t20-/m0/s1. The molecule has 0 radical (unpaired) electrons. The maximum absolute atomic E-state index is 13.2. The molecule has 3 rings (SSSR count). The van der Waals surface area contributed by atoms with E-state index in [0.717, 1.165) is 11.1 Å². The third-order valence-electron chi connectivity index (χ3n) is 5.17. The lowest BCUT2D eigenvalue weighted by Crippen LogP contribution is -2.47. The van der Waals surface area contributed by atoms with Crippen LogP contribution in [0, 0.1) is 18.7 Å². The van der Waals surface area contributed by atoms with Crippen LogP contribution in [-0.4, -0.2) is 45.7 Å². The molecule has 2 amide bonds. The average molecular weight is 383 g/mol. The Morgan fingerprint density at radius 2 is 1.96 bits per heavy atom. The SMILES string of the molecule is Cc1cncc(C(=O)N2CCC(=O)N(Cc3ccc(F)cc3)[C@H](C(C)C)C2)c1. The second kappa shape index (κ2) is 8.50. The van der Waals surface area contributed by atoms with Gasteiger partial charge in [-0.05, 0) is 42.2 Å². The van der Waals surface area contributed by atoms with Crippen LogP contribution >= 0.6 is 0 Å². The second-order valence-electron chi connectivity index (χ2n) is 7.71. The highest BCUT2D eigenvalue weighted by Gasteiger charge is 2.33. The highest BCUT2D eigenvalue weighted by atomic mass is 19.1. The molecule has 1 fully saturated rings. The first-order valence-corrected chi connectivity index (χ1v) is 9.60. The Labute approximate surface area is 165 Å². The number of pyridine rings is 1. The van der Waals surface area contributed by atoms with Gasteiger partial charge >= 0.3 is 0 Å². The number of amides is 2. The van der Waals surface area contributed by atoms with Crippen molar-refractivity contribution in [2.45, 2.75) is 39.8 Å². The van der Waals surface area contributed by atoms with E-state index in [1.165, 1.54) is 12.1 Å². The zero-order valence-electron chi connectivity index (χ0n) is 16.6. The van der Waals surface area contributed by atoms with Crippen LogP contribution in [0.1, 0.15) is 41.8 Å². The molecule has 0 spiro atoms. The summed E-state index contributed by atoms with van der Waals surface area (Å²) in [5.74, 6) is -0.206. The summed E-state index contributed by atoms with van der Waals surface area (Å²) in [6, 6.07) is 7.92. The molecule has 6 heteroatoms. The van der Waals surface area contributed by atoms with Crippen LogP contribution < -0.4 is 0 Å². The number of rotatable bonds is 4. The Morgan fingerprint density at radius 3 is 2.61 bits per heavy atom. The van der Waals surface area contributed by atoms with Gasteiger partial charge in [-0.15, -0.1) is 0 Å². The summed E-state index contributed by atoms with van der Waals surface area (Å²) >= 11 is 0. The smallest absolute Gasteiger partial charge is 0.255 e. The van der Waals surface area contributed by atoms with E-state index in [-0.39, 0.29) is 36.0 Å². The number of hydrogen-bond donors (Lipinski definition) is 0. The molecule has 1 aliphatic heterocycles. The number of carbonyl (C=O) groups is 2. The van der Waals surface area contributed by atoms with Crippen LogP contribution in [0.4, 0.5) is 4.39 Å². The van der Waals surface area contributed by atoms with Crippen LogP contribution in [0.3, 0.4) is 0 Å². The normalized spacial score (nSPS) is 17.8. The monoisotopic (exact) mass is 383 g/mol. The molecule has 0 bridgehead atoms. The summed E-state index contributed by atoms with van der Waals surface area (Å²) in [6.07, 6.45) is 3.56. The summed E-state index contributed by atoms with van der Waals surface area (Å²) in [4.78, 5) is 33.6. The molecule has 1 saturated heterocycles. The number of carbonyl (C=O) groups excluding carboxylic acids is 2. The molecule has 0 aliphatic carbocycles. The third-order valence-corrected chi connectivity index (χ3v) is 5.17. The molecule has 1 atom stereocenters. The highest BCUT2D eigenvalue weighted by Crippen LogP contribution is 2.22. The van der Waals surface area contributed by atoms with Crippen LogP contribution in [0.5, 0.6) is 0 Å². The van der Waals surface area contributed by atoms with Gasteiger partial charge in [-0.2, -0.15) is 0 Å². The van der Waals surface area contributed by atoms with E-state index >= 15 is 0 Å². The Hall–Kier alpha value is -2.76. The van der Waals surface area contributed by atoms with Crippen LogP contribution in [-0.2, 0) is 11.3 Å². The summed E-state index contributed by atoms with van der Waals surface area (Å²) < 4.78 is 13.2. The lowest BCUT2D eigenvalue weighted by Gasteiger charge is -2.34. The minimum Gasteiger partial charge on any atom is -0.336 e. The van der Waals surface area contributed by atoms with Gasteiger partial charge in [0, 0.05) is 38.4 Å². The van der Waals surface area contributed by atoms with Gasteiger partial charge in [0.25, 0.3) is 5.91 Å². The lowest BCUT2D eigenvalue weighted by atomic mass is 10.0. The fourth-order valence-electron chi connectivity index (χ4n) is 3.58. The van der Waals surface area contributed by atoms with Crippen molar-refractivity contribution in [1.82, 2.24) is 14.8 Å². The zero-order chi connectivity index (χ0) is 20.3. The van der Waals surface area contributed by atoms with Gasteiger partial charge in [-0.1, -0.05) is 26.0 Å². The highest BCUT2D eigenvalue weighted by molar-refractivity contribution is 5.94. The molecule has 1 aliphatic rings.